The number of benzene rings is 2. The summed E-state index contributed by atoms with van der Waals surface area (Å²) in [6, 6.07) is 9.58. The van der Waals surface area contributed by atoms with Gasteiger partial charge < -0.3 is 15.4 Å². The first-order chi connectivity index (χ1) is 12.1. The molecule has 0 saturated carbocycles. The average molecular weight is 387 g/mol. The number of amides is 2. The molecule has 0 aliphatic rings. The highest BCUT2D eigenvalue weighted by Crippen LogP contribution is 2.26. The normalized spacial score (nSPS) is 11.0. The molecule has 9 heteroatoms. The van der Waals surface area contributed by atoms with E-state index in [0.717, 1.165) is 12.1 Å². The average Bonchev–Trinajstić information content (AvgIpc) is 2.50. The van der Waals surface area contributed by atoms with Gasteiger partial charge in [0.2, 0.25) is 11.8 Å². The first kappa shape index (κ1) is 19.6. The standard InChI is InChI=1S/C17H14ClF3N2O3/c1-10(24)22-15-9-12(4-7-14(15)18)23-16(25)8-11-2-5-13(6-3-11)26-17(19,20)21/h2-7,9H,8H2,1H3,(H,22,24)(H,23,25). The number of carbonyl (C=O) groups excluding carboxylic acids is 2. The van der Waals surface area contributed by atoms with Crippen molar-refractivity contribution in [2.45, 2.75) is 19.7 Å². The SMILES string of the molecule is CC(=O)Nc1cc(NC(=O)Cc2ccc(OC(F)(F)F)cc2)ccc1Cl. The number of rotatable bonds is 5. The highest BCUT2D eigenvalue weighted by Gasteiger charge is 2.30. The van der Waals surface area contributed by atoms with Gasteiger partial charge in [0.15, 0.2) is 0 Å². The zero-order valence-corrected chi connectivity index (χ0v) is 14.2. The summed E-state index contributed by atoms with van der Waals surface area (Å²) in [6.07, 6.45) is -4.82. The molecule has 0 spiro atoms. The van der Waals surface area contributed by atoms with Crippen LogP contribution in [-0.2, 0) is 16.0 Å². The van der Waals surface area contributed by atoms with Crippen LogP contribution in [0.5, 0.6) is 5.75 Å². The summed E-state index contributed by atoms with van der Waals surface area (Å²) in [7, 11) is 0. The Morgan fingerprint density at radius 2 is 1.73 bits per heavy atom. The summed E-state index contributed by atoms with van der Waals surface area (Å²) in [5.74, 6) is -1.05. The van der Waals surface area contributed by atoms with Crippen molar-refractivity contribution in [1.82, 2.24) is 0 Å². The molecule has 5 nitrogen and oxygen atoms in total. The number of carbonyl (C=O) groups is 2. The quantitative estimate of drug-likeness (QED) is 0.801. The van der Waals surface area contributed by atoms with Crippen molar-refractivity contribution in [3.63, 3.8) is 0 Å². The Kier molecular flexibility index (Phi) is 6.10. The highest BCUT2D eigenvalue weighted by atomic mass is 35.5. The molecule has 2 rings (SSSR count). The minimum Gasteiger partial charge on any atom is -0.406 e. The van der Waals surface area contributed by atoms with Gasteiger partial charge in [-0.15, -0.1) is 13.2 Å². The molecule has 0 aliphatic carbocycles. The molecule has 2 aromatic rings. The van der Waals surface area contributed by atoms with Crippen LogP contribution in [0.3, 0.4) is 0 Å². The van der Waals surface area contributed by atoms with Crippen LogP contribution in [0.4, 0.5) is 24.5 Å². The topological polar surface area (TPSA) is 67.4 Å². The number of hydrogen-bond donors (Lipinski definition) is 2. The summed E-state index contributed by atoms with van der Waals surface area (Å²) < 4.78 is 40.1. The first-order valence-electron chi connectivity index (χ1n) is 7.34. The van der Waals surface area contributed by atoms with Gasteiger partial charge >= 0.3 is 6.36 Å². The fourth-order valence-corrected chi connectivity index (χ4v) is 2.25. The highest BCUT2D eigenvalue weighted by molar-refractivity contribution is 6.33. The van der Waals surface area contributed by atoms with Crippen molar-refractivity contribution in [2.75, 3.05) is 10.6 Å². The zero-order chi connectivity index (χ0) is 19.3. The lowest BCUT2D eigenvalue weighted by Gasteiger charge is -2.11. The number of alkyl halides is 3. The predicted octanol–water partition coefficient (Wildman–Crippen LogP) is 4.38. The van der Waals surface area contributed by atoms with Gasteiger partial charge in [-0.05, 0) is 35.9 Å². The summed E-state index contributed by atoms with van der Waals surface area (Å²) in [5, 5.41) is 5.48. The van der Waals surface area contributed by atoms with E-state index < -0.39 is 6.36 Å². The third-order valence-corrected chi connectivity index (χ3v) is 3.41. The Labute approximate surface area is 152 Å². The zero-order valence-electron chi connectivity index (χ0n) is 13.5. The molecule has 0 radical (unpaired) electrons. The summed E-state index contributed by atoms with van der Waals surface area (Å²) >= 11 is 5.95. The maximum absolute atomic E-state index is 12.1. The van der Waals surface area contributed by atoms with Crippen LogP contribution >= 0.6 is 11.6 Å². The van der Waals surface area contributed by atoms with E-state index in [9.17, 15) is 22.8 Å². The summed E-state index contributed by atoms with van der Waals surface area (Å²) in [5.41, 5.74) is 1.28. The number of ether oxygens (including phenoxy) is 1. The molecule has 0 fully saturated rings. The van der Waals surface area contributed by atoms with Gasteiger partial charge in [-0.1, -0.05) is 23.7 Å². The second kappa shape index (κ2) is 8.09. The van der Waals surface area contributed by atoms with Crippen LogP contribution in [0, 0.1) is 0 Å². The lowest BCUT2D eigenvalue weighted by Crippen LogP contribution is -2.17. The van der Waals surface area contributed by atoms with Crippen LogP contribution in [0.2, 0.25) is 5.02 Å². The van der Waals surface area contributed by atoms with Crippen molar-refractivity contribution < 1.29 is 27.5 Å². The minimum atomic E-state index is -4.76. The predicted molar refractivity (Wildman–Crippen MR) is 91.2 cm³/mol. The molecule has 2 N–H and O–H groups in total. The molecular formula is C17H14ClF3N2O3. The fourth-order valence-electron chi connectivity index (χ4n) is 2.09. The number of hydrogen-bond acceptors (Lipinski definition) is 3. The molecule has 0 saturated heterocycles. The van der Waals surface area contributed by atoms with Crippen LogP contribution < -0.4 is 15.4 Å². The Balaban J connectivity index is 1.99. The number of halogens is 4. The van der Waals surface area contributed by atoms with Gasteiger partial charge in [-0.2, -0.15) is 0 Å². The molecule has 2 aromatic carbocycles. The van der Waals surface area contributed by atoms with E-state index in [1.807, 2.05) is 0 Å². The number of nitrogens with one attached hydrogen (secondary N) is 2. The van der Waals surface area contributed by atoms with E-state index in [0.29, 0.717) is 22.0 Å². The molecule has 138 valence electrons. The van der Waals surface area contributed by atoms with Gasteiger partial charge in [0.25, 0.3) is 0 Å². The molecule has 0 bridgehead atoms. The second-order valence-corrected chi connectivity index (χ2v) is 5.70. The fraction of sp³-hybridized carbons (Fsp3) is 0.176. The maximum atomic E-state index is 12.1. The van der Waals surface area contributed by atoms with E-state index in [1.54, 1.807) is 6.07 Å². The molecule has 0 unspecified atom stereocenters. The Hall–Kier alpha value is -2.74. The molecule has 0 atom stereocenters. The van der Waals surface area contributed by atoms with E-state index >= 15 is 0 Å². The van der Waals surface area contributed by atoms with Gasteiger partial charge in [0.05, 0.1) is 17.1 Å². The lowest BCUT2D eigenvalue weighted by atomic mass is 10.1. The van der Waals surface area contributed by atoms with Crippen LogP contribution in [-0.4, -0.2) is 18.2 Å². The molecule has 26 heavy (non-hydrogen) atoms. The molecule has 0 heterocycles. The van der Waals surface area contributed by atoms with Gasteiger partial charge in [0, 0.05) is 12.6 Å². The second-order valence-electron chi connectivity index (χ2n) is 5.29. The Bertz CT molecular complexity index is 808. The Morgan fingerprint density at radius 3 is 2.31 bits per heavy atom. The van der Waals surface area contributed by atoms with Crippen LogP contribution in [0.15, 0.2) is 42.5 Å². The van der Waals surface area contributed by atoms with Crippen LogP contribution in [0.25, 0.3) is 0 Å². The first-order valence-corrected chi connectivity index (χ1v) is 7.72. The van der Waals surface area contributed by atoms with Gasteiger partial charge in [0.1, 0.15) is 5.75 Å². The smallest absolute Gasteiger partial charge is 0.406 e. The lowest BCUT2D eigenvalue weighted by molar-refractivity contribution is -0.274. The monoisotopic (exact) mass is 386 g/mol. The largest absolute Gasteiger partial charge is 0.573 e. The van der Waals surface area contributed by atoms with E-state index in [-0.39, 0.29) is 24.0 Å². The number of anilines is 2. The van der Waals surface area contributed by atoms with Crippen molar-refractivity contribution in [2.24, 2.45) is 0 Å². The van der Waals surface area contributed by atoms with Crippen molar-refractivity contribution in [3.8, 4) is 5.75 Å². The van der Waals surface area contributed by atoms with Gasteiger partial charge in [-0.25, -0.2) is 0 Å². The summed E-state index contributed by atoms with van der Waals surface area (Å²) in [6.45, 7) is 1.33. The van der Waals surface area contributed by atoms with E-state index in [4.69, 9.17) is 11.6 Å². The minimum absolute atomic E-state index is 0.0512. The van der Waals surface area contributed by atoms with Gasteiger partial charge in [-0.3, -0.25) is 9.59 Å². The summed E-state index contributed by atoms with van der Waals surface area (Å²) in [4.78, 5) is 23.2. The third-order valence-electron chi connectivity index (χ3n) is 3.08. The molecule has 2 amide bonds. The van der Waals surface area contributed by atoms with Crippen molar-refractivity contribution in [3.05, 3.63) is 53.1 Å². The third kappa shape index (κ3) is 6.29. The van der Waals surface area contributed by atoms with Crippen molar-refractivity contribution >= 4 is 34.8 Å². The molecular weight excluding hydrogens is 373 g/mol. The maximum Gasteiger partial charge on any atom is 0.573 e. The Morgan fingerprint density at radius 1 is 1.08 bits per heavy atom. The molecule has 0 aliphatic heterocycles. The van der Waals surface area contributed by atoms with E-state index in [2.05, 4.69) is 15.4 Å². The van der Waals surface area contributed by atoms with E-state index in [1.165, 1.54) is 31.2 Å². The molecule has 0 aromatic heterocycles. The van der Waals surface area contributed by atoms with Crippen LogP contribution in [0.1, 0.15) is 12.5 Å². The van der Waals surface area contributed by atoms with Crippen molar-refractivity contribution in [1.29, 1.82) is 0 Å².